The fraction of sp³-hybridized carbons (Fsp3) is 0.231. The fourth-order valence-corrected chi connectivity index (χ4v) is 1.52. The van der Waals surface area contributed by atoms with E-state index in [1.54, 1.807) is 18.5 Å². The summed E-state index contributed by atoms with van der Waals surface area (Å²) in [6, 6.07) is 3.33. The van der Waals surface area contributed by atoms with E-state index < -0.39 is 0 Å². The van der Waals surface area contributed by atoms with Crippen LogP contribution in [0.5, 0.6) is 11.8 Å². The molecule has 7 heteroatoms. The summed E-state index contributed by atoms with van der Waals surface area (Å²) in [5.74, 6) is -0.146. The van der Waals surface area contributed by atoms with Crippen molar-refractivity contribution in [3.63, 3.8) is 0 Å². The van der Waals surface area contributed by atoms with E-state index in [-0.39, 0.29) is 29.9 Å². The number of hydrogen-bond acceptors (Lipinski definition) is 6. The van der Waals surface area contributed by atoms with Gasteiger partial charge in [-0.15, -0.1) is 0 Å². The van der Waals surface area contributed by atoms with E-state index >= 15 is 0 Å². The number of ether oxygens (including phenoxy) is 1. The van der Waals surface area contributed by atoms with Crippen LogP contribution in [0.2, 0.25) is 0 Å². The van der Waals surface area contributed by atoms with Gasteiger partial charge in [-0.1, -0.05) is 0 Å². The zero-order valence-corrected chi connectivity index (χ0v) is 10.9. The summed E-state index contributed by atoms with van der Waals surface area (Å²) in [5.41, 5.74) is 0.825. The van der Waals surface area contributed by atoms with Crippen molar-refractivity contribution in [2.75, 3.05) is 12.4 Å². The van der Waals surface area contributed by atoms with Crippen molar-refractivity contribution in [1.82, 2.24) is 15.0 Å². The molecule has 7 nitrogen and oxygen atoms in total. The highest BCUT2D eigenvalue weighted by Crippen LogP contribution is 2.18. The standard InChI is InChI=1S/C13H14N4O3/c1-20-13-15-7-9(8-16-13)4-5-11(19)17-12-10(18)3-2-6-14-12/h2-3,6-8,18H,4-5H2,1H3,(H,14,17,19). The number of methoxy groups -OCH3 is 1. The van der Waals surface area contributed by atoms with Crippen molar-refractivity contribution in [2.45, 2.75) is 12.8 Å². The molecule has 104 valence electrons. The number of nitrogens with zero attached hydrogens (tertiary/aromatic N) is 3. The normalized spacial score (nSPS) is 10.1. The monoisotopic (exact) mass is 274 g/mol. The molecule has 0 aliphatic heterocycles. The van der Waals surface area contributed by atoms with E-state index in [9.17, 15) is 9.90 Å². The van der Waals surface area contributed by atoms with Crippen molar-refractivity contribution >= 4 is 11.7 Å². The van der Waals surface area contributed by atoms with Crippen LogP contribution in [-0.2, 0) is 11.2 Å². The van der Waals surface area contributed by atoms with Gasteiger partial charge in [0.1, 0.15) is 0 Å². The van der Waals surface area contributed by atoms with E-state index in [2.05, 4.69) is 20.3 Å². The summed E-state index contributed by atoms with van der Waals surface area (Å²) in [5, 5.41) is 12.0. The number of hydrogen-bond donors (Lipinski definition) is 2. The molecule has 0 fully saturated rings. The topological polar surface area (TPSA) is 97.2 Å². The van der Waals surface area contributed by atoms with Gasteiger partial charge >= 0.3 is 6.01 Å². The first-order valence-electron chi connectivity index (χ1n) is 5.98. The SMILES string of the molecule is COc1ncc(CCC(=O)Nc2ncccc2O)cn1. The Morgan fingerprint density at radius 3 is 2.75 bits per heavy atom. The lowest BCUT2D eigenvalue weighted by molar-refractivity contribution is -0.116. The minimum absolute atomic E-state index is 0.0615. The third kappa shape index (κ3) is 3.64. The smallest absolute Gasteiger partial charge is 0.316 e. The zero-order valence-electron chi connectivity index (χ0n) is 10.9. The molecule has 0 unspecified atom stereocenters. The Labute approximate surface area is 115 Å². The van der Waals surface area contributed by atoms with Gasteiger partial charge in [-0.3, -0.25) is 4.79 Å². The van der Waals surface area contributed by atoms with E-state index in [0.29, 0.717) is 6.42 Å². The van der Waals surface area contributed by atoms with E-state index in [1.165, 1.54) is 19.4 Å². The van der Waals surface area contributed by atoms with Crippen LogP contribution in [0, 0.1) is 0 Å². The van der Waals surface area contributed by atoms with Crippen LogP contribution in [0.3, 0.4) is 0 Å². The molecule has 2 heterocycles. The molecule has 0 saturated heterocycles. The zero-order chi connectivity index (χ0) is 14.4. The average Bonchev–Trinajstić information content (AvgIpc) is 2.48. The molecule has 0 atom stereocenters. The maximum absolute atomic E-state index is 11.7. The highest BCUT2D eigenvalue weighted by Gasteiger charge is 2.07. The molecular weight excluding hydrogens is 260 g/mol. The van der Waals surface area contributed by atoms with E-state index in [0.717, 1.165) is 5.56 Å². The Bertz CT molecular complexity index is 586. The maximum atomic E-state index is 11.7. The second-order valence-corrected chi connectivity index (χ2v) is 4.00. The molecule has 2 aromatic rings. The lowest BCUT2D eigenvalue weighted by atomic mass is 10.2. The largest absolute Gasteiger partial charge is 0.504 e. The Hall–Kier alpha value is -2.70. The highest BCUT2D eigenvalue weighted by molar-refractivity contribution is 5.91. The maximum Gasteiger partial charge on any atom is 0.316 e. The predicted octanol–water partition coefficient (Wildman–Crippen LogP) is 1.16. The van der Waals surface area contributed by atoms with E-state index in [4.69, 9.17) is 4.74 Å². The first kappa shape index (κ1) is 13.7. The highest BCUT2D eigenvalue weighted by atomic mass is 16.5. The number of nitrogens with one attached hydrogen (secondary N) is 1. The third-order valence-electron chi connectivity index (χ3n) is 2.55. The Morgan fingerprint density at radius 1 is 1.35 bits per heavy atom. The minimum atomic E-state index is -0.241. The molecule has 0 bridgehead atoms. The van der Waals surface area contributed by atoms with Gasteiger partial charge in [0.05, 0.1) is 7.11 Å². The van der Waals surface area contributed by atoms with Gasteiger partial charge in [-0.2, -0.15) is 0 Å². The number of rotatable bonds is 5. The molecule has 0 radical (unpaired) electrons. The lowest BCUT2D eigenvalue weighted by Crippen LogP contribution is -2.13. The second kappa shape index (κ2) is 6.46. The average molecular weight is 274 g/mol. The summed E-state index contributed by atoms with van der Waals surface area (Å²) in [6.07, 6.45) is 5.44. The minimum Gasteiger partial charge on any atom is -0.504 e. The van der Waals surface area contributed by atoms with Gasteiger partial charge in [0.2, 0.25) is 5.91 Å². The van der Waals surface area contributed by atoms with Crippen LogP contribution >= 0.6 is 0 Å². The number of amides is 1. The second-order valence-electron chi connectivity index (χ2n) is 4.00. The molecule has 2 aromatic heterocycles. The first-order chi connectivity index (χ1) is 9.69. The predicted molar refractivity (Wildman–Crippen MR) is 71.4 cm³/mol. The molecule has 0 aliphatic rings. The van der Waals surface area contributed by atoms with Crippen LogP contribution in [0.4, 0.5) is 5.82 Å². The van der Waals surface area contributed by atoms with Gasteiger partial charge < -0.3 is 15.2 Å². The number of anilines is 1. The van der Waals surface area contributed by atoms with Crippen molar-refractivity contribution in [3.05, 3.63) is 36.3 Å². The summed E-state index contributed by atoms with van der Waals surface area (Å²) in [7, 11) is 1.49. The number of aryl methyl sites for hydroxylation is 1. The van der Waals surface area contributed by atoms with Crippen LogP contribution in [0.1, 0.15) is 12.0 Å². The lowest BCUT2D eigenvalue weighted by Gasteiger charge is -2.05. The number of pyridine rings is 1. The van der Waals surface area contributed by atoms with Crippen LogP contribution in [-0.4, -0.2) is 33.1 Å². The van der Waals surface area contributed by atoms with Crippen molar-refractivity contribution in [3.8, 4) is 11.8 Å². The molecule has 0 saturated carbocycles. The van der Waals surface area contributed by atoms with Crippen molar-refractivity contribution in [1.29, 1.82) is 0 Å². The molecule has 0 spiro atoms. The molecule has 2 N–H and O–H groups in total. The Balaban J connectivity index is 1.87. The van der Waals surface area contributed by atoms with Crippen molar-refractivity contribution < 1.29 is 14.6 Å². The van der Waals surface area contributed by atoms with E-state index in [1.807, 2.05) is 0 Å². The van der Waals surface area contributed by atoms with Crippen LogP contribution in [0.25, 0.3) is 0 Å². The van der Waals surface area contributed by atoms with Gasteiger partial charge in [0, 0.05) is 25.0 Å². The summed E-state index contributed by atoms with van der Waals surface area (Å²) < 4.78 is 4.85. The first-order valence-corrected chi connectivity index (χ1v) is 5.98. The molecule has 0 aliphatic carbocycles. The Morgan fingerprint density at radius 2 is 2.10 bits per heavy atom. The van der Waals surface area contributed by atoms with Gasteiger partial charge in [0.15, 0.2) is 11.6 Å². The fourth-order valence-electron chi connectivity index (χ4n) is 1.52. The summed E-state index contributed by atoms with van der Waals surface area (Å²) >= 11 is 0. The van der Waals surface area contributed by atoms with Gasteiger partial charge in [-0.25, -0.2) is 15.0 Å². The number of aromatic hydroxyl groups is 1. The molecule has 1 amide bonds. The molecule has 0 aromatic carbocycles. The number of carbonyl (C=O) groups is 1. The summed E-state index contributed by atoms with van der Waals surface area (Å²) in [6.45, 7) is 0. The molecule has 20 heavy (non-hydrogen) atoms. The molecule has 2 rings (SSSR count). The third-order valence-corrected chi connectivity index (χ3v) is 2.55. The van der Waals surface area contributed by atoms with Crippen LogP contribution < -0.4 is 10.1 Å². The van der Waals surface area contributed by atoms with Gasteiger partial charge in [-0.05, 0) is 24.1 Å². The number of aromatic nitrogens is 3. The quantitative estimate of drug-likeness (QED) is 0.849. The molecular formula is C13H14N4O3. The summed E-state index contributed by atoms with van der Waals surface area (Å²) in [4.78, 5) is 23.5. The van der Waals surface area contributed by atoms with Crippen LogP contribution in [0.15, 0.2) is 30.7 Å². The Kier molecular flexibility index (Phi) is 4.43. The number of carbonyl (C=O) groups excluding carboxylic acids is 1. The van der Waals surface area contributed by atoms with Crippen molar-refractivity contribution in [2.24, 2.45) is 0 Å². The van der Waals surface area contributed by atoms with Gasteiger partial charge in [0.25, 0.3) is 0 Å².